The highest BCUT2D eigenvalue weighted by molar-refractivity contribution is 7.92. The summed E-state index contributed by atoms with van der Waals surface area (Å²) in [5, 5.41) is 14.3. The lowest BCUT2D eigenvalue weighted by Crippen LogP contribution is -2.53. The molecule has 43 heavy (non-hydrogen) atoms. The quantitative estimate of drug-likeness (QED) is 0.178. The molecule has 10 nitrogen and oxygen atoms in total. The van der Waals surface area contributed by atoms with Crippen molar-refractivity contribution in [3.63, 3.8) is 0 Å². The zero-order valence-corrected chi connectivity index (χ0v) is 24.7. The normalized spacial score (nSPS) is 11.8. The van der Waals surface area contributed by atoms with Crippen LogP contribution in [0.2, 0.25) is 5.02 Å². The Hall–Kier alpha value is -4.74. The van der Waals surface area contributed by atoms with Crippen LogP contribution >= 0.6 is 11.6 Å². The second kappa shape index (κ2) is 14.0. The van der Waals surface area contributed by atoms with Gasteiger partial charge in [0.15, 0.2) is 0 Å². The van der Waals surface area contributed by atoms with Crippen molar-refractivity contribution in [1.29, 1.82) is 0 Å². The van der Waals surface area contributed by atoms with Crippen molar-refractivity contribution < 1.29 is 22.9 Å². The first kappa shape index (κ1) is 31.2. The smallest absolute Gasteiger partial charge is 0.269 e. The molecule has 0 aliphatic heterocycles. The molecule has 0 heterocycles. The lowest BCUT2D eigenvalue weighted by molar-refractivity contribution is -0.384. The maximum Gasteiger partial charge on any atom is 0.269 e. The third-order valence-electron chi connectivity index (χ3n) is 6.72. The van der Waals surface area contributed by atoms with E-state index in [-0.39, 0.29) is 29.2 Å². The first-order chi connectivity index (χ1) is 20.6. The minimum absolute atomic E-state index is 0.0379. The number of hydrogen-bond acceptors (Lipinski definition) is 6. The fourth-order valence-electron chi connectivity index (χ4n) is 4.54. The number of nitro groups is 1. The van der Waals surface area contributed by atoms with Gasteiger partial charge in [0.1, 0.15) is 12.6 Å². The molecule has 0 spiro atoms. The Labute approximate surface area is 254 Å². The maximum atomic E-state index is 14.2. The van der Waals surface area contributed by atoms with Crippen LogP contribution < -0.4 is 9.62 Å². The van der Waals surface area contributed by atoms with Crippen molar-refractivity contribution >= 4 is 44.8 Å². The molecule has 1 atom stereocenters. The molecule has 0 bridgehead atoms. The van der Waals surface area contributed by atoms with E-state index < -0.39 is 39.3 Å². The van der Waals surface area contributed by atoms with Crippen molar-refractivity contribution in [2.45, 2.75) is 23.9 Å². The predicted octanol–water partition coefficient (Wildman–Crippen LogP) is 4.83. The monoisotopic (exact) mass is 620 g/mol. The summed E-state index contributed by atoms with van der Waals surface area (Å²) in [5.41, 5.74) is 1.24. The van der Waals surface area contributed by atoms with Crippen LogP contribution in [-0.4, -0.2) is 49.7 Å². The third kappa shape index (κ3) is 7.76. The summed E-state index contributed by atoms with van der Waals surface area (Å²) >= 11 is 6.22. The number of carbonyl (C=O) groups is 2. The van der Waals surface area contributed by atoms with Gasteiger partial charge in [0.05, 0.1) is 15.5 Å². The van der Waals surface area contributed by atoms with Crippen LogP contribution in [0.3, 0.4) is 0 Å². The van der Waals surface area contributed by atoms with Crippen LogP contribution in [0.5, 0.6) is 0 Å². The molecule has 0 unspecified atom stereocenters. The van der Waals surface area contributed by atoms with Crippen molar-refractivity contribution in [2.75, 3.05) is 17.9 Å². The number of carbonyl (C=O) groups excluding carboxylic acids is 2. The summed E-state index contributed by atoms with van der Waals surface area (Å²) in [6.07, 6.45) is 0.162. The van der Waals surface area contributed by atoms with Gasteiger partial charge in [-0.3, -0.25) is 24.0 Å². The van der Waals surface area contributed by atoms with E-state index in [1.165, 1.54) is 48.3 Å². The minimum Gasteiger partial charge on any atom is -0.357 e. The molecule has 4 rings (SSSR count). The van der Waals surface area contributed by atoms with E-state index in [0.717, 1.165) is 9.87 Å². The molecule has 12 heteroatoms. The van der Waals surface area contributed by atoms with Gasteiger partial charge >= 0.3 is 0 Å². The van der Waals surface area contributed by atoms with Gasteiger partial charge in [-0.05, 0) is 47.5 Å². The van der Waals surface area contributed by atoms with E-state index in [9.17, 15) is 28.1 Å². The first-order valence-corrected chi connectivity index (χ1v) is 15.0. The average molecular weight is 621 g/mol. The summed E-state index contributed by atoms with van der Waals surface area (Å²) in [6.45, 7) is -0.721. The van der Waals surface area contributed by atoms with Crippen LogP contribution in [0.25, 0.3) is 0 Å². The van der Waals surface area contributed by atoms with Crippen LogP contribution in [-0.2, 0) is 32.6 Å². The van der Waals surface area contributed by atoms with Crippen molar-refractivity contribution in [2.24, 2.45) is 0 Å². The minimum atomic E-state index is -4.31. The third-order valence-corrected chi connectivity index (χ3v) is 8.74. The Morgan fingerprint density at radius 1 is 0.884 bits per heavy atom. The molecule has 1 N–H and O–H groups in total. The van der Waals surface area contributed by atoms with Crippen molar-refractivity contribution in [3.8, 4) is 0 Å². The second-order valence-electron chi connectivity index (χ2n) is 9.57. The molecule has 0 aromatic heterocycles. The van der Waals surface area contributed by atoms with Gasteiger partial charge in [-0.1, -0.05) is 72.3 Å². The number of nitrogens with one attached hydrogen (secondary N) is 1. The average Bonchev–Trinajstić information content (AvgIpc) is 3.02. The number of sulfonamides is 1. The molecule has 0 saturated carbocycles. The highest BCUT2D eigenvalue weighted by Gasteiger charge is 2.34. The van der Waals surface area contributed by atoms with Crippen molar-refractivity contribution in [1.82, 2.24) is 10.2 Å². The summed E-state index contributed by atoms with van der Waals surface area (Å²) in [6, 6.07) is 27.4. The van der Waals surface area contributed by atoms with E-state index in [0.29, 0.717) is 10.6 Å². The zero-order chi connectivity index (χ0) is 31.0. The number of non-ortho nitro benzene ring substituents is 1. The number of amides is 2. The Bertz CT molecular complexity index is 1690. The Morgan fingerprint density at radius 2 is 1.49 bits per heavy atom. The van der Waals surface area contributed by atoms with E-state index in [2.05, 4.69) is 5.32 Å². The predicted molar refractivity (Wildman–Crippen MR) is 164 cm³/mol. The molecular formula is C31H29ClN4O6S. The highest BCUT2D eigenvalue weighted by atomic mass is 35.5. The van der Waals surface area contributed by atoms with Gasteiger partial charge in [0.2, 0.25) is 11.8 Å². The number of anilines is 1. The second-order valence-corrected chi connectivity index (χ2v) is 11.9. The number of nitrogens with zero attached hydrogens (tertiary/aromatic N) is 3. The fraction of sp³-hybridized carbons (Fsp3) is 0.161. The summed E-state index contributed by atoms with van der Waals surface area (Å²) in [4.78, 5) is 39.4. The fourth-order valence-corrected chi connectivity index (χ4v) is 6.19. The molecule has 0 aliphatic rings. The van der Waals surface area contributed by atoms with Gasteiger partial charge in [0, 0.05) is 37.2 Å². The molecule has 4 aromatic rings. The Morgan fingerprint density at radius 3 is 2.07 bits per heavy atom. The first-order valence-electron chi connectivity index (χ1n) is 13.2. The molecule has 0 aliphatic carbocycles. The van der Waals surface area contributed by atoms with E-state index in [1.54, 1.807) is 42.5 Å². The van der Waals surface area contributed by atoms with Crippen LogP contribution in [0.1, 0.15) is 11.1 Å². The standard InChI is InChI=1S/C31H29ClN4O6S/c1-33-31(38)29(20-23-9-4-2-5-10-23)34(21-24-11-8-12-25(32)19-24)30(37)22-35(26-15-17-27(18-16-26)36(39)40)43(41,42)28-13-6-3-7-14-28/h2-19,29H,20-22H2,1H3,(H,33,38)/t29-/m1/s1. The van der Waals surface area contributed by atoms with E-state index >= 15 is 0 Å². The Balaban J connectivity index is 1.79. The number of halogens is 1. The van der Waals surface area contributed by atoms with E-state index in [1.807, 2.05) is 30.3 Å². The zero-order valence-electron chi connectivity index (χ0n) is 23.2. The summed E-state index contributed by atoms with van der Waals surface area (Å²) < 4.78 is 28.7. The topological polar surface area (TPSA) is 130 Å². The van der Waals surface area contributed by atoms with Gasteiger partial charge in [-0.2, -0.15) is 0 Å². The number of rotatable bonds is 12. The maximum absolute atomic E-state index is 14.2. The van der Waals surface area contributed by atoms with Crippen LogP contribution in [0.15, 0.2) is 114 Å². The van der Waals surface area contributed by atoms with Gasteiger partial charge in [-0.25, -0.2) is 8.42 Å². The molecule has 0 radical (unpaired) electrons. The van der Waals surface area contributed by atoms with E-state index in [4.69, 9.17) is 11.6 Å². The van der Waals surface area contributed by atoms with Gasteiger partial charge in [0.25, 0.3) is 15.7 Å². The lowest BCUT2D eigenvalue weighted by atomic mass is 10.0. The molecule has 222 valence electrons. The number of nitro benzene ring substituents is 1. The molecule has 0 fully saturated rings. The SMILES string of the molecule is CNC(=O)[C@@H](Cc1ccccc1)N(Cc1cccc(Cl)c1)C(=O)CN(c1ccc([N+](=O)[O-])cc1)S(=O)(=O)c1ccccc1. The number of benzene rings is 4. The number of likely N-dealkylation sites (N-methyl/N-ethyl adjacent to an activating group) is 1. The van der Waals surface area contributed by atoms with Crippen molar-refractivity contribution in [3.05, 3.63) is 135 Å². The Kier molecular flexibility index (Phi) is 10.1. The molecular weight excluding hydrogens is 592 g/mol. The van der Waals surface area contributed by atoms with Gasteiger partial charge < -0.3 is 10.2 Å². The van der Waals surface area contributed by atoms with Crippen LogP contribution in [0, 0.1) is 10.1 Å². The molecule has 4 aromatic carbocycles. The molecule has 2 amide bonds. The largest absolute Gasteiger partial charge is 0.357 e. The molecule has 0 saturated heterocycles. The summed E-state index contributed by atoms with van der Waals surface area (Å²) in [7, 11) is -2.85. The van der Waals surface area contributed by atoms with Gasteiger partial charge in [-0.15, -0.1) is 0 Å². The number of hydrogen-bond donors (Lipinski definition) is 1. The summed E-state index contributed by atoms with van der Waals surface area (Å²) in [5.74, 6) is -1.10. The highest BCUT2D eigenvalue weighted by Crippen LogP contribution is 2.27. The lowest BCUT2D eigenvalue weighted by Gasteiger charge is -2.33. The van der Waals surface area contributed by atoms with Crippen LogP contribution in [0.4, 0.5) is 11.4 Å².